The normalized spacial score (nSPS) is 12.2. The van der Waals surface area contributed by atoms with E-state index in [1.54, 1.807) is 20.8 Å². The van der Waals surface area contributed by atoms with Gasteiger partial charge in [-0.2, -0.15) is 13.2 Å². The van der Waals surface area contributed by atoms with E-state index in [1.165, 1.54) is 6.07 Å². The zero-order valence-corrected chi connectivity index (χ0v) is 11.9. The lowest BCUT2D eigenvalue weighted by Gasteiger charge is -2.19. The minimum atomic E-state index is -4.37. The molecule has 0 radical (unpaired) electrons. The Hall–Kier alpha value is -1.50. The number of pyridine rings is 1. The van der Waals surface area contributed by atoms with E-state index in [0.717, 1.165) is 6.07 Å². The second kappa shape index (κ2) is 5.87. The van der Waals surface area contributed by atoms with Gasteiger partial charge in [-0.3, -0.25) is 5.32 Å². The summed E-state index contributed by atoms with van der Waals surface area (Å²) in [6.45, 7) is 5.04. The van der Waals surface area contributed by atoms with Gasteiger partial charge < -0.3 is 4.74 Å². The number of anilines is 1. The zero-order valence-electron chi connectivity index (χ0n) is 11.1. The largest absolute Gasteiger partial charge is 0.444 e. The molecule has 0 aliphatic rings. The van der Waals surface area contributed by atoms with Crippen LogP contribution in [-0.4, -0.2) is 22.9 Å². The zero-order chi connectivity index (χ0) is 15.6. The molecule has 0 spiro atoms. The van der Waals surface area contributed by atoms with Gasteiger partial charge in [-0.25, -0.2) is 9.78 Å². The quantitative estimate of drug-likeness (QED) is 0.833. The molecule has 0 fully saturated rings. The first-order valence-corrected chi connectivity index (χ1v) is 6.06. The van der Waals surface area contributed by atoms with Crippen molar-refractivity contribution >= 4 is 23.5 Å². The topological polar surface area (TPSA) is 51.2 Å². The number of amides is 1. The van der Waals surface area contributed by atoms with E-state index in [2.05, 4.69) is 10.3 Å². The Morgan fingerprint density at radius 2 is 1.95 bits per heavy atom. The molecule has 1 aromatic rings. The molecule has 1 N–H and O–H groups in total. The summed E-state index contributed by atoms with van der Waals surface area (Å²) in [4.78, 5) is 15.1. The molecule has 0 saturated carbocycles. The third-order valence-corrected chi connectivity index (χ3v) is 2.27. The highest BCUT2D eigenvalue weighted by molar-refractivity contribution is 6.30. The lowest BCUT2D eigenvalue weighted by molar-refractivity contribution is -0.127. The molecule has 1 rings (SSSR count). The minimum absolute atomic E-state index is 0.0233. The van der Waals surface area contributed by atoms with Crippen molar-refractivity contribution in [1.29, 1.82) is 0 Å². The van der Waals surface area contributed by atoms with Gasteiger partial charge in [-0.05, 0) is 32.4 Å². The van der Waals surface area contributed by atoms with Gasteiger partial charge in [0.05, 0.1) is 6.42 Å². The smallest absolute Gasteiger partial charge is 0.413 e. The SMILES string of the molecule is CC(C)(C)OC(=O)Nc1ccc(CC(F)(F)F)c(Cl)n1. The van der Waals surface area contributed by atoms with Gasteiger partial charge in [0.25, 0.3) is 0 Å². The number of halogens is 4. The van der Waals surface area contributed by atoms with Crippen LogP contribution >= 0.6 is 11.6 Å². The summed E-state index contributed by atoms with van der Waals surface area (Å²) in [5, 5.41) is 1.98. The summed E-state index contributed by atoms with van der Waals surface area (Å²) in [5.41, 5.74) is -0.849. The molecular formula is C12H14ClF3N2O2. The third kappa shape index (κ3) is 6.10. The molecule has 112 valence electrons. The minimum Gasteiger partial charge on any atom is -0.444 e. The second-order valence-electron chi connectivity index (χ2n) is 5.07. The molecule has 1 heterocycles. The number of hydrogen-bond acceptors (Lipinski definition) is 3. The molecule has 0 saturated heterocycles. The Morgan fingerprint density at radius 1 is 1.35 bits per heavy atom. The number of rotatable bonds is 2. The third-order valence-electron chi connectivity index (χ3n) is 1.95. The van der Waals surface area contributed by atoms with Crippen LogP contribution in [0.2, 0.25) is 5.15 Å². The number of alkyl halides is 3. The van der Waals surface area contributed by atoms with Gasteiger partial charge in [0, 0.05) is 0 Å². The highest BCUT2D eigenvalue weighted by atomic mass is 35.5. The predicted octanol–water partition coefficient (Wildman–Crippen LogP) is 4.19. The lowest BCUT2D eigenvalue weighted by atomic mass is 10.2. The molecule has 1 amide bonds. The summed E-state index contributed by atoms with van der Waals surface area (Å²) in [5.74, 6) is 0.0233. The highest BCUT2D eigenvalue weighted by Crippen LogP contribution is 2.26. The maximum Gasteiger partial charge on any atom is 0.413 e. The Morgan fingerprint density at radius 3 is 2.40 bits per heavy atom. The molecule has 4 nitrogen and oxygen atoms in total. The van der Waals surface area contributed by atoms with Crippen molar-refractivity contribution in [3.63, 3.8) is 0 Å². The van der Waals surface area contributed by atoms with Gasteiger partial charge in [0.15, 0.2) is 0 Å². The van der Waals surface area contributed by atoms with E-state index in [0.29, 0.717) is 0 Å². The van der Waals surface area contributed by atoms with Crippen LogP contribution in [0, 0.1) is 0 Å². The number of aromatic nitrogens is 1. The Labute approximate surface area is 119 Å². The standard InChI is InChI=1S/C12H14ClF3N2O2/c1-11(2,3)20-10(19)18-8-5-4-7(9(13)17-8)6-12(14,15)16/h4-5H,6H2,1-3H3,(H,17,18,19). The van der Waals surface area contributed by atoms with Gasteiger partial charge in [-0.15, -0.1) is 0 Å². The fourth-order valence-electron chi connectivity index (χ4n) is 1.29. The first-order valence-electron chi connectivity index (χ1n) is 5.68. The van der Waals surface area contributed by atoms with Crippen molar-refractivity contribution in [2.45, 2.75) is 39.0 Å². The van der Waals surface area contributed by atoms with Crippen LogP contribution in [0.1, 0.15) is 26.3 Å². The molecular weight excluding hydrogens is 297 g/mol. The molecule has 1 aromatic heterocycles. The Bertz CT molecular complexity index is 498. The average Bonchev–Trinajstić information content (AvgIpc) is 2.17. The van der Waals surface area contributed by atoms with Gasteiger partial charge in [0.1, 0.15) is 16.6 Å². The van der Waals surface area contributed by atoms with Crippen molar-refractivity contribution in [3.05, 3.63) is 22.8 Å². The highest BCUT2D eigenvalue weighted by Gasteiger charge is 2.29. The van der Waals surface area contributed by atoms with Gasteiger partial charge in [-0.1, -0.05) is 17.7 Å². The first kappa shape index (κ1) is 16.6. The number of nitrogens with zero attached hydrogens (tertiary/aromatic N) is 1. The van der Waals surface area contributed by atoms with Crippen molar-refractivity contribution in [2.24, 2.45) is 0 Å². The summed E-state index contributed by atoms with van der Waals surface area (Å²) in [6, 6.07) is 2.40. The van der Waals surface area contributed by atoms with E-state index in [1.807, 2.05) is 0 Å². The number of nitrogens with one attached hydrogen (secondary N) is 1. The van der Waals surface area contributed by atoms with E-state index >= 15 is 0 Å². The molecule has 0 aliphatic carbocycles. The monoisotopic (exact) mass is 310 g/mol. The number of ether oxygens (including phenoxy) is 1. The van der Waals surface area contributed by atoms with Crippen LogP contribution in [0.3, 0.4) is 0 Å². The molecule has 20 heavy (non-hydrogen) atoms. The fourth-order valence-corrected chi connectivity index (χ4v) is 1.51. The molecule has 0 aromatic carbocycles. The number of carbonyl (C=O) groups is 1. The molecule has 0 atom stereocenters. The van der Waals surface area contributed by atoms with E-state index in [9.17, 15) is 18.0 Å². The van der Waals surface area contributed by atoms with Crippen LogP contribution < -0.4 is 5.32 Å². The maximum atomic E-state index is 12.2. The molecule has 8 heteroatoms. The summed E-state index contributed by atoms with van der Waals surface area (Å²) in [7, 11) is 0. The van der Waals surface area contributed by atoms with Crippen LogP contribution in [-0.2, 0) is 11.2 Å². The number of hydrogen-bond donors (Lipinski definition) is 1. The van der Waals surface area contributed by atoms with Gasteiger partial charge >= 0.3 is 12.3 Å². The van der Waals surface area contributed by atoms with Gasteiger partial charge in [0.2, 0.25) is 0 Å². The summed E-state index contributed by atoms with van der Waals surface area (Å²) in [6.07, 6.45) is -6.30. The van der Waals surface area contributed by atoms with E-state index < -0.39 is 24.3 Å². The van der Waals surface area contributed by atoms with Crippen LogP contribution in [0.4, 0.5) is 23.8 Å². The summed E-state index contributed by atoms with van der Waals surface area (Å²) >= 11 is 5.65. The molecule has 0 bridgehead atoms. The van der Waals surface area contributed by atoms with E-state index in [-0.39, 0.29) is 16.5 Å². The molecule has 0 aliphatic heterocycles. The van der Waals surface area contributed by atoms with Crippen molar-refractivity contribution in [1.82, 2.24) is 4.98 Å². The Kier molecular flexibility index (Phi) is 4.86. The fraction of sp³-hybridized carbons (Fsp3) is 0.500. The van der Waals surface area contributed by atoms with Crippen molar-refractivity contribution in [3.8, 4) is 0 Å². The van der Waals surface area contributed by atoms with Crippen LogP contribution in [0.15, 0.2) is 12.1 Å². The van der Waals surface area contributed by atoms with E-state index in [4.69, 9.17) is 16.3 Å². The Balaban J connectivity index is 2.75. The van der Waals surface area contributed by atoms with Crippen molar-refractivity contribution in [2.75, 3.05) is 5.32 Å². The molecule has 0 unspecified atom stereocenters. The average molecular weight is 311 g/mol. The second-order valence-corrected chi connectivity index (χ2v) is 5.42. The first-order chi connectivity index (χ1) is 8.96. The van der Waals surface area contributed by atoms with Crippen LogP contribution in [0.25, 0.3) is 0 Å². The number of carbonyl (C=O) groups excluding carboxylic acids is 1. The maximum absolute atomic E-state index is 12.2. The van der Waals surface area contributed by atoms with Crippen LogP contribution in [0.5, 0.6) is 0 Å². The van der Waals surface area contributed by atoms with Crippen molar-refractivity contribution < 1.29 is 22.7 Å². The summed E-state index contributed by atoms with van der Waals surface area (Å²) < 4.78 is 41.7. The lowest BCUT2D eigenvalue weighted by Crippen LogP contribution is -2.27. The predicted molar refractivity (Wildman–Crippen MR) is 68.9 cm³/mol.